The molecule has 3 aromatic heterocycles. The summed E-state index contributed by atoms with van der Waals surface area (Å²) in [7, 11) is -3.68. The van der Waals surface area contributed by atoms with E-state index in [1.807, 2.05) is 36.5 Å². The molecule has 0 spiro atoms. The third-order valence-corrected chi connectivity index (χ3v) is 8.96. The van der Waals surface area contributed by atoms with E-state index >= 15 is 0 Å². The second-order valence-electron chi connectivity index (χ2n) is 9.84. The normalized spacial score (nSPS) is 15.8. The molecule has 11 nitrogen and oxygen atoms in total. The molecular weight excluding hydrogens is 528 g/mol. The minimum Gasteiger partial charge on any atom is -0.366 e. The van der Waals surface area contributed by atoms with Gasteiger partial charge in [-0.1, -0.05) is 18.2 Å². The quantitative estimate of drug-likeness (QED) is 0.310. The van der Waals surface area contributed by atoms with Crippen LogP contribution in [0.15, 0.2) is 83.1 Å². The van der Waals surface area contributed by atoms with E-state index in [2.05, 4.69) is 42.1 Å². The van der Waals surface area contributed by atoms with Gasteiger partial charge in [-0.3, -0.25) is 14.7 Å². The van der Waals surface area contributed by atoms with Crippen LogP contribution in [0, 0.1) is 0 Å². The second-order valence-corrected chi connectivity index (χ2v) is 11.8. The summed E-state index contributed by atoms with van der Waals surface area (Å²) < 4.78 is 28.1. The molecule has 0 bridgehead atoms. The van der Waals surface area contributed by atoms with E-state index in [-0.39, 0.29) is 16.5 Å². The number of hydrogen-bond acceptors (Lipinski definition) is 9. The Morgan fingerprint density at radius 1 is 1.00 bits per heavy atom. The molecule has 2 N–H and O–H groups in total. The standard InChI is InChI=1S/C28H28N8O3S/c1-19(33-28-23-6-2-5-22(27(23)31-18-32-28)20-4-3-9-29-15-20)17-35-10-12-36(13-11-35)40(38,39)21-7-8-24-25(14-21)30-16-26(37)34-24/h2-9,14-16,18-19H,10-13,17H2,1H3,(H,34,37)(H,31,32,33). The zero-order chi connectivity index (χ0) is 27.7. The number of fused-ring (bicyclic) bond motifs is 2. The molecule has 1 fully saturated rings. The molecule has 40 heavy (non-hydrogen) atoms. The van der Waals surface area contributed by atoms with Crippen LogP contribution >= 0.6 is 0 Å². The fourth-order valence-corrected chi connectivity index (χ4v) is 6.55. The molecule has 1 aliphatic heterocycles. The Morgan fingerprint density at radius 3 is 2.65 bits per heavy atom. The van der Waals surface area contributed by atoms with Crippen molar-refractivity contribution < 1.29 is 8.42 Å². The Morgan fingerprint density at radius 2 is 1.85 bits per heavy atom. The average molecular weight is 557 g/mol. The summed E-state index contributed by atoms with van der Waals surface area (Å²) in [6.45, 7) is 4.82. The largest absolute Gasteiger partial charge is 0.366 e. The van der Waals surface area contributed by atoms with Gasteiger partial charge in [0.2, 0.25) is 10.0 Å². The van der Waals surface area contributed by atoms with Gasteiger partial charge in [0.1, 0.15) is 12.1 Å². The van der Waals surface area contributed by atoms with Crippen LogP contribution < -0.4 is 10.9 Å². The fourth-order valence-electron chi connectivity index (χ4n) is 5.10. The summed E-state index contributed by atoms with van der Waals surface area (Å²) in [6, 6.07) is 14.6. The molecule has 0 radical (unpaired) electrons. The van der Waals surface area contributed by atoms with Crippen LogP contribution in [0.25, 0.3) is 33.1 Å². The van der Waals surface area contributed by atoms with E-state index in [4.69, 9.17) is 0 Å². The first-order valence-electron chi connectivity index (χ1n) is 13.0. The number of benzene rings is 2. The summed E-state index contributed by atoms with van der Waals surface area (Å²) in [5.74, 6) is 0.760. The predicted octanol–water partition coefficient (Wildman–Crippen LogP) is 2.74. The zero-order valence-electron chi connectivity index (χ0n) is 21.9. The number of aromatic nitrogens is 5. The molecule has 0 aliphatic carbocycles. The first kappa shape index (κ1) is 26.0. The number of H-pyrrole nitrogens is 1. The topological polar surface area (TPSA) is 137 Å². The average Bonchev–Trinajstić information content (AvgIpc) is 2.97. The van der Waals surface area contributed by atoms with Crippen LogP contribution in [0.5, 0.6) is 0 Å². The predicted molar refractivity (Wildman–Crippen MR) is 153 cm³/mol. The van der Waals surface area contributed by atoms with Crippen LogP contribution in [0.4, 0.5) is 5.82 Å². The zero-order valence-corrected chi connectivity index (χ0v) is 22.7. The Labute approximate surface area is 231 Å². The number of rotatable bonds is 7. The number of pyridine rings is 1. The van der Waals surface area contributed by atoms with E-state index in [1.54, 1.807) is 18.6 Å². The van der Waals surface area contributed by atoms with E-state index in [0.717, 1.165) is 40.6 Å². The fraction of sp³-hybridized carbons (Fsp3) is 0.250. The maximum Gasteiger partial charge on any atom is 0.266 e. The maximum absolute atomic E-state index is 13.3. The molecule has 0 amide bonds. The lowest BCUT2D eigenvalue weighted by atomic mass is 10.0. The van der Waals surface area contributed by atoms with Crippen molar-refractivity contribution in [2.24, 2.45) is 0 Å². The number of aromatic amines is 1. The van der Waals surface area contributed by atoms with Crippen molar-refractivity contribution >= 4 is 37.8 Å². The van der Waals surface area contributed by atoms with Crippen LogP contribution in [0.3, 0.4) is 0 Å². The molecule has 5 aromatic rings. The van der Waals surface area contributed by atoms with E-state index in [9.17, 15) is 13.2 Å². The number of piperazine rings is 1. The lowest BCUT2D eigenvalue weighted by molar-refractivity contribution is 0.184. The van der Waals surface area contributed by atoms with Gasteiger partial charge in [0.15, 0.2) is 0 Å². The van der Waals surface area contributed by atoms with Crippen molar-refractivity contribution in [2.45, 2.75) is 17.9 Å². The van der Waals surface area contributed by atoms with E-state index < -0.39 is 10.0 Å². The smallest absolute Gasteiger partial charge is 0.266 e. The van der Waals surface area contributed by atoms with Crippen LogP contribution in [-0.4, -0.2) is 81.3 Å². The summed E-state index contributed by atoms with van der Waals surface area (Å²) in [5, 5.41) is 4.46. The summed E-state index contributed by atoms with van der Waals surface area (Å²) >= 11 is 0. The van der Waals surface area contributed by atoms with E-state index in [0.29, 0.717) is 37.2 Å². The van der Waals surface area contributed by atoms with Crippen molar-refractivity contribution in [2.75, 3.05) is 38.0 Å². The minimum absolute atomic E-state index is 0.0667. The molecule has 4 heterocycles. The second kappa shape index (κ2) is 10.7. The molecule has 2 aromatic carbocycles. The monoisotopic (exact) mass is 556 g/mol. The number of hydrogen-bond donors (Lipinski definition) is 2. The Balaban J connectivity index is 1.11. The number of nitrogens with zero attached hydrogens (tertiary/aromatic N) is 6. The molecule has 1 atom stereocenters. The molecule has 1 aliphatic rings. The van der Waals surface area contributed by atoms with Crippen molar-refractivity contribution in [1.82, 2.24) is 34.1 Å². The van der Waals surface area contributed by atoms with Gasteiger partial charge >= 0.3 is 0 Å². The molecule has 1 saturated heterocycles. The van der Waals surface area contributed by atoms with Crippen molar-refractivity contribution in [3.8, 4) is 11.1 Å². The summed E-state index contributed by atoms with van der Waals surface area (Å²) in [5.41, 5.74) is 3.45. The number of sulfonamides is 1. The Kier molecular flexibility index (Phi) is 6.96. The summed E-state index contributed by atoms with van der Waals surface area (Å²) in [4.78, 5) is 33.9. The molecule has 0 saturated carbocycles. The third-order valence-electron chi connectivity index (χ3n) is 7.07. The first-order valence-corrected chi connectivity index (χ1v) is 14.4. The van der Waals surface area contributed by atoms with Gasteiger partial charge in [-0.05, 0) is 37.3 Å². The van der Waals surface area contributed by atoms with Gasteiger partial charge < -0.3 is 10.3 Å². The van der Waals surface area contributed by atoms with Gasteiger partial charge in [-0.15, -0.1) is 0 Å². The van der Waals surface area contributed by atoms with Gasteiger partial charge in [0.05, 0.1) is 27.6 Å². The van der Waals surface area contributed by atoms with Crippen molar-refractivity contribution in [3.05, 3.63) is 83.8 Å². The van der Waals surface area contributed by atoms with Crippen molar-refractivity contribution in [3.63, 3.8) is 0 Å². The molecule has 1 unspecified atom stereocenters. The van der Waals surface area contributed by atoms with Crippen LogP contribution in [0.1, 0.15) is 6.92 Å². The molecule has 204 valence electrons. The highest BCUT2D eigenvalue weighted by Crippen LogP contribution is 2.29. The molecule has 6 rings (SSSR count). The highest BCUT2D eigenvalue weighted by Gasteiger charge is 2.29. The van der Waals surface area contributed by atoms with Gasteiger partial charge in [-0.2, -0.15) is 4.31 Å². The highest BCUT2D eigenvalue weighted by atomic mass is 32.2. The molecule has 12 heteroatoms. The highest BCUT2D eigenvalue weighted by molar-refractivity contribution is 7.89. The summed E-state index contributed by atoms with van der Waals surface area (Å²) in [6.07, 6.45) is 6.29. The minimum atomic E-state index is -3.68. The first-order chi connectivity index (χ1) is 19.4. The lowest BCUT2D eigenvalue weighted by Crippen LogP contribution is -2.50. The van der Waals surface area contributed by atoms with E-state index in [1.165, 1.54) is 16.4 Å². The van der Waals surface area contributed by atoms with Gasteiger partial charge in [0.25, 0.3) is 5.56 Å². The number of anilines is 1. The third kappa shape index (κ3) is 5.16. The van der Waals surface area contributed by atoms with Crippen LogP contribution in [0.2, 0.25) is 0 Å². The maximum atomic E-state index is 13.3. The number of para-hydroxylation sites is 1. The SMILES string of the molecule is CC(CN1CCN(S(=O)(=O)c2ccc3[nH]c(=O)cnc3c2)CC1)Nc1ncnc2c(-c3cccnc3)cccc12. The van der Waals surface area contributed by atoms with Crippen molar-refractivity contribution in [1.29, 1.82) is 0 Å². The van der Waals surface area contributed by atoms with Crippen LogP contribution in [-0.2, 0) is 10.0 Å². The van der Waals surface area contributed by atoms with Gasteiger partial charge in [0, 0.05) is 67.7 Å². The lowest BCUT2D eigenvalue weighted by Gasteiger charge is -2.35. The van der Waals surface area contributed by atoms with Gasteiger partial charge in [-0.25, -0.2) is 23.4 Å². The Bertz CT molecular complexity index is 1840. The molecular formula is C28H28N8O3S. The Hall–Kier alpha value is -4.26. The number of nitrogens with one attached hydrogen (secondary N) is 2.